The fourth-order valence-electron chi connectivity index (χ4n) is 1.19. The van der Waals surface area contributed by atoms with Gasteiger partial charge in [0, 0.05) is 16.3 Å². The summed E-state index contributed by atoms with van der Waals surface area (Å²) in [5.74, 6) is 0.884. The molecule has 0 aliphatic heterocycles. The third kappa shape index (κ3) is 5.42. The van der Waals surface area contributed by atoms with Crippen LogP contribution in [-0.2, 0) is 9.53 Å². The fourth-order valence-corrected chi connectivity index (χ4v) is 2.23. The maximum absolute atomic E-state index is 10.8. The smallest absolute Gasteiger partial charge is 0.305 e. The number of thioether (sulfide) groups is 1. The zero-order valence-corrected chi connectivity index (χ0v) is 10.8. The number of halogens is 1. The lowest BCUT2D eigenvalue weighted by atomic mass is 10.2. The van der Waals surface area contributed by atoms with E-state index in [1.165, 1.54) is 12.0 Å². The molecular formula is C12H15ClO2S. The van der Waals surface area contributed by atoms with Crippen molar-refractivity contribution in [1.29, 1.82) is 0 Å². The maximum atomic E-state index is 10.8. The Kier molecular flexibility index (Phi) is 6.34. The second-order valence-electron chi connectivity index (χ2n) is 3.34. The second kappa shape index (κ2) is 7.58. The van der Waals surface area contributed by atoms with Crippen molar-refractivity contribution < 1.29 is 9.53 Å². The summed E-state index contributed by atoms with van der Waals surface area (Å²) in [5, 5.41) is 0.759. The van der Waals surface area contributed by atoms with E-state index in [1.807, 2.05) is 24.3 Å². The number of hydrogen-bond donors (Lipinski definition) is 0. The molecule has 2 nitrogen and oxygen atoms in total. The number of unbranched alkanes of at least 4 members (excludes halogenated alkanes) is 1. The molecule has 0 amide bonds. The van der Waals surface area contributed by atoms with Gasteiger partial charge >= 0.3 is 5.97 Å². The number of ether oxygens (including phenoxy) is 1. The molecule has 88 valence electrons. The van der Waals surface area contributed by atoms with Gasteiger partial charge in [-0.1, -0.05) is 11.6 Å². The van der Waals surface area contributed by atoms with Gasteiger partial charge in [0.25, 0.3) is 0 Å². The van der Waals surface area contributed by atoms with Crippen LogP contribution in [0.25, 0.3) is 0 Å². The van der Waals surface area contributed by atoms with Crippen molar-refractivity contribution in [2.24, 2.45) is 0 Å². The lowest BCUT2D eigenvalue weighted by molar-refractivity contribution is -0.140. The summed E-state index contributed by atoms with van der Waals surface area (Å²) < 4.78 is 4.57. The first-order chi connectivity index (χ1) is 7.72. The number of carbonyl (C=O) groups excluding carboxylic acids is 1. The normalized spacial score (nSPS) is 10.1. The average molecular weight is 259 g/mol. The highest BCUT2D eigenvalue weighted by molar-refractivity contribution is 7.99. The Bertz CT molecular complexity index is 324. The van der Waals surface area contributed by atoms with Crippen molar-refractivity contribution >= 4 is 29.3 Å². The molecular weight excluding hydrogens is 244 g/mol. The van der Waals surface area contributed by atoms with Crippen LogP contribution in [-0.4, -0.2) is 18.8 Å². The standard InChI is InChI=1S/C12H15ClO2S/c1-15-12(14)4-2-3-9-16-11-7-5-10(13)6-8-11/h5-8H,2-4,9H2,1H3. The number of benzene rings is 1. The molecule has 0 aliphatic carbocycles. The number of hydrogen-bond acceptors (Lipinski definition) is 3. The highest BCUT2D eigenvalue weighted by Crippen LogP contribution is 2.21. The largest absolute Gasteiger partial charge is 0.469 e. The molecule has 1 aromatic carbocycles. The van der Waals surface area contributed by atoms with Gasteiger partial charge < -0.3 is 4.74 Å². The zero-order valence-electron chi connectivity index (χ0n) is 9.24. The first kappa shape index (κ1) is 13.4. The third-order valence-electron chi connectivity index (χ3n) is 2.09. The predicted octanol–water partition coefficient (Wildman–Crippen LogP) is 3.78. The van der Waals surface area contributed by atoms with Gasteiger partial charge in [-0.3, -0.25) is 4.79 Å². The molecule has 0 radical (unpaired) electrons. The number of rotatable bonds is 6. The van der Waals surface area contributed by atoms with E-state index in [-0.39, 0.29) is 5.97 Å². The minimum atomic E-state index is -0.128. The molecule has 0 N–H and O–H groups in total. The van der Waals surface area contributed by atoms with E-state index in [0.29, 0.717) is 6.42 Å². The van der Waals surface area contributed by atoms with Gasteiger partial charge in [-0.15, -0.1) is 11.8 Å². The monoisotopic (exact) mass is 258 g/mol. The number of carbonyl (C=O) groups is 1. The van der Waals surface area contributed by atoms with Crippen molar-refractivity contribution in [3.63, 3.8) is 0 Å². The minimum absolute atomic E-state index is 0.128. The van der Waals surface area contributed by atoms with Crippen LogP contribution in [0.4, 0.5) is 0 Å². The Balaban J connectivity index is 2.11. The molecule has 1 rings (SSSR count). The van der Waals surface area contributed by atoms with Crippen LogP contribution in [0.2, 0.25) is 5.02 Å². The Morgan fingerprint density at radius 1 is 1.31 bits per heavy atom. The molecule has 0 unspecified atom stereocenters. The Labute approximate surface area is 105 Å². The summed E-state index contributed by atoms with van der Waals surface area (Å²) in [5.41, 5.74) is 0. The second-order valence-corrected chi connectivity index (χ2v) is 4.94. The molecule has 0 aliphatic rings. The van der Waals surface area contributed by atoms with E-state index < -0.39 is 0 Å². The lowest BCUT2D eigenvalue weighted by Crippen LogP contribution is -1.99. The van der Waals surface area contributed by atoms with Crippen molar-refractivity contribution in [2.45, 2.75) is 24.2 Å². The minimum Gasteiger partial charge on any atom is -0.469 e. The van der Waals surface area contributed by atoms with Crippen LogP contribution >= 0.6 is 23.4 Å². The summed E-state index contributed by atoms with van der Waals surface area (Å²) in [4.78, 5) is 12.0. The van der Waals surface area contributed by atoms with Gasteiger partial charge in [0.15, 0.2) is 0 Å². The maximum Gasteiger partial charge on any atom is 0.305 e. The fraction of sp³-hybridized carbons (Fsp3) is 0.417. The predicted molar refractivity (Wildman–Crippen MR) is 68.0 cm³/mol. The highest BCUT2D eigenvalue weighted by Gasteiger charge is 1.99. The molecule has 0 aromatic heterocycles. The average Bonchev–Trinajstić information content (AvgIpc) is 2.31. The first-order valence-electron chi connectivity index (χ1n) is 5.17. The topological polar surface area (TPSA) is 26.3 Å². The van der Waals surface area contributed by atoms with E-state index in [1.54, 1.807) is 11.8 Å². The molecule has 0 spiro atoms. The van der Waals surface area contributed by atoms with E-state index in [2.05, 4.69) is 4.74 Å². The number of methoxy groups -OCH3 is 1. The molecule has 16 heavy (non-hydrogen) atoms. The molecule has 0 fully saturated rings. The molecule has 0 bridgehead atoms. The summed E-state index contributed by atoms with van der Waals surface area (Å²) >= 11 is 7.56. The summed E-state index contributed by atoms with van der Waals surface area (Å²) in [6, 6.07) is 7.79. The van der Waals surface area contributed by atoms with Gasteiger partial charge in [0.05, 0.1) is 7.11 Å². The van der Waals surface area contributed by atoms with E-state index in [0.717, 1.165) is 23.6 Å². The summed E-state index contributed by atoms with van der Waals surface area (Å²) in [6.45, 7) is 0. The molecule has 1 aromatic rings. The molecule has 0 saturated carbocycles. The summed E-state index contributed by atoms with van der Waals surface area (Å²) in [6.07, 6.45) is 2.41. The quantitative estimate of drug-likeness (QED) is 0.441. The van der Waals surface area contributed by atoms with Gasteiger partial charge in [0.1, 0.15) is 0 Å². The molecule has 0 heterocycles. The van der Waals surface area contributed by atoms with Crippen LogP contribution in [0.15, 0.2) is 29.2 Å². The summed E-state index contributed by atoms with van der Waals surface area (Å²) in [7, 11) is 1.42. The van der Waals surface area contributed by atoms with Crippen molar-refractivity contribution in [2.75, 3.05) is 12.9 Å². The Morgan fingerprint density at radius 2 is 2.00 bits per heavy atom. The van der Waals surface area contributed by atoms with Crippen LogP contribution < -0.4 is 0 Å². The lowest BCUT2D eigenvalue weighted by Gasteiger charge is -2.01. The van der Waals surface area contributed by atoms with Gasteiger partial charge in [-0.05, 0) is 42.9 Å². The molecule has 0 saturated heterocycles. The van der Waals surface area contributed by atoms with Crippen molar-refractivity contribution in [1.82, 2.24) is 0 Å². The van der Waals surface area contributed by atoms with Gasteiger partial charge in [-0.25, -0.2) is 0 Å². The van der Waals surface area contributed by atoms with Crippen LogP contribution in [0, 0.1) is 0 Å². The van der Waals surface area contributed by atoms with Gasteiger partial charge in [0.2, 0.25) is 0 Å². The van der Waals surface area contributed by atoms with E-state index >= 15 is 0 Å². The van der Waals surface area contributed by atoms with Crippen LogP contribution in [0.3, 0.4) is 0 Å². The molecule has 4 heteroatoms. The molecule has 0 atom stereocenters. The first-order valence-corrected chi connectivity index (χ1v) is 6.54. The Hall–Kier alpha value is -0.670. The SMILES string of the molecule is COC(=O)CCCCSc1ccc(Cl)cc1. The van der Waals surface area contributed by atoms with Crippen molar-refractivity contribution in [3.8, 4) is 0 Å². The third-order valence-corrected chi connectivity index (χ3v) is 3.44. The van der Waals surface area contributed by atoms with Crippen LogP contribution in [0.5, 0.6) is 0 Å². The zero-order chi connectivity index (χ0) is 11.8. The van der Waals surface area contributed by atoms with Gasteiger partial charge in [-0.2, -0.15) is 0 Å². The van der Waals surface area contributed by atoms with Crippen LogP contribution in [0.1, 0.15) is 19.3 Å². The number of esters is 1. The van der Waals surface area contributed by atoms with E-state index in [4.69, 9.17) is 11.6 Å². The Morgan fingerprint density at radius 3 is 2.62 bits per heavy atom. The highest BCUT2D eigenvalue weighted by atomic mass is 35.5. The van der Waals surface area contributed by atoms with E-state index in [9.17, 15) is 4.79 Å². The van der Waals surface area contributed by atoms with Crippen molar-refractivity contribution in [3.05, 3.63) is 29.3 Å².